The maximum Gasteiger partial charge on any atom is 0.242 e. The van der Waals surface area contributed by atoms with Crippen molar-refractivity contribution in [3.8, 4) is 0 Å². The summed E-state index contributed by atoms with van der Waals surface area (Å²) in [5, 5.41) is 0.809. The minimum Gasteiger partial charge on any atom is -0.336 e. The average molecular weight is 334 g/mol. The van der Waals surface area contributed by atoms with E-state index in [4.69, 9.17) is 0 Å². The molecule has 0 atom stereocenters. The Hall–Kier alpha value is -2.02. The van der Waals surface area contributed by atoms with E-state index < -0.39 is 0 Å². The standard InChI is InChI=1S/C16H19FN4OS/c1-11(2)15-18-16(23-19-15)21-8-7-20(14(22)10-21)9-12-3-5-13(17)6-4-12/h3-6,11H,7-10H2,1-2H3. The molecular formula is C16H19FN4OS. The summed E-state index contributed by atoms with van der Waals surface area (Å²) in [7, 11) is 0. The molecule has 0 saturated carbocycles. The average Bonchev–Trinajstić information content (AvgIpc) is 3.01. The van der Waals surface area contributed by atoms with Crippen molar-refractivity contribution in [2.24, 2.45) is 0 Å². The molecule has 0 N–H and O–H groups in total. The van der Waals surface area contributed by atoms with Gasteiger partial charge >= 0.3 is 0 Å². The molecule has 1 aliphatic heterocycles. The molecule has 1 aromatic heterocycles. The lowest BCUT2D eigenvalue weighted by molar-refractivity contribution is -0.131. The molecule has 1 aromatic carbocycles. The number of rotatable bonds is 4. The molecule has 1 aliphatic rings. The Balaban J connectivity index is 1.62. The van der Waals surface area contributed by atoms with Gasteiger partial charge in [-0.15, -0.1) is 0 Å². The normalized spacial score (nSPS) is 15.6. The molecule has 0 unspecified atom stereocenters. The highest BCUT2D eigenvalue weighted by Gasteiger charge is 2.26. The van der Waals surface area contributed by atoms with E-state index in [-0.39, 0.29) is 17.6 Å². The summed E-state index contributed by atoms with van der Waals surface area (Å²) in [6, 6.07) is 6.28. The van der Waals surface area contributed by atoms with Crippen molar-refractivity contribution < 1.29 is 9.18 Å². The maximum absolute atomic E-state index is 12.9. The first kappa shape index (κ1) is 15.9. The van der Waals surface area contributed by atoms with Crippen molar-refractivity contribution in [3.63, 3.8) is 0 Å². The van der Waals surface area contributed by atoms with E-state index in [1.54, 1.807) is 17.0 Å². The van der Waals surface area contributed by atoms with Crippen LogP contribution < -0.4 is 4.90 Å². The zero-order valence-corrected chi connectivity index (χ0v) is 14.0. The van der Waals surface area contributed by atoms with Crippen molar-refractivity contribution >= 4 is 22.6 Å². The first-order valence-corrected chi connectivity index (χ1v) is 8.41. The molecule has 0 aliphatic carbocycles. The predicted molar refractivity (Wildman–Crippen MR) is 88.0 cm³/mol. The first-order valence-electron chi connectivity index (χ1n) is 7.63. The van der Waals surface area contributed by atoms with E-state index in [0.717, 1.165) is 23.1 Å². The van der Waals surface area contributed by atoms with Crippen molar-refractivity contribution in [3.05, 3.63) is 41.5 Å². The Bertz CT molecular complexity index is 686. The van der Waals surface area contributed by atoms with Gasteiger partial charge in [0.2, 0.25) is 11.0 Å². The van der Waals surface area contributed by atoms with Crippen LogP contribution in [0.15, 0.2) is 24.3 Å². The molecule has 7 heteroatoms. The van der Waals surface area contributed by atoms with Crippen LogP contribution in [0.25, 0.3) is 0 Å². The summed E-state index contributed by atoms with van der Waals surface area (Å²) >= 11 is 1.35. The third-order valence-corrected chi connectivity index (χ3v) is 4.61. The predicted octanol–water partition coefficient (Wildman–Crippen LogP) is 2.65. The zero-order chi connectivity index (χ0) is 16.4. The van der Waals surface area contributed by atoms with Gasteiger partial charge in [-0.3, -0.25) is 4.79 Å². The Kier molecular flexibility index (Phi) is 4.56. The number of carbonyl (C=O) groups is 1. The number of piperazine rings is 1. The van der Waals surface area contributed by atoms with Crippen molar-refractivity contribution in [1.82, 2.24) is 14.3 Å². The van der Waals surface area contributed by atoms with E-state index in [0.29, 0.717) is 19.6 Å². The molecule has 0 bridgehead atoms. The van der Waals surface area contributed by atoms with Crippen molar-refractivity contribution in [2.75, 3.05) is 24.5 Å². The molecule has 122 valence electrons. The van der Waals surface area contributed by atoms with Crippen LogP contribution in [0.2, 0.25) is 0 Å². The van der Waals surface area contributed by atoms with Gasteiger partial charge in [0.15, 0.2) is 0 Å². The fraction of sp³-hybridized carbons (Fsp3) is 0.438. The number of hydrogen-bond donors (Lipinski definition) is 0. The molecule has 0 spiro atoms. The molecule has 2 heterocycles. The van der Waals surface area contributed by atoms with Crippen LogP contribution in [-0.2, 0) is 11.3 Å². The number of halogens is 1. The zero-order valence-electron chi connectivity index (χ0n) is 13.2. The van der Waals surface area contributed by atoms with Gasteiger partial charge in [0, 0.05) is 37.1 Å². The SMILES string of the molecule is CC(C)c1nsc(N2CCN(Cc3ccc(F)cc3)C(=O)C2)n1. The Morgan fingerprint density at radius 2 is 2.00 bits per heavy atom. The highest BCUT2D eigenvalue weighted by atomic mass is 32.1. The summed E-state index contributed by atoms with van der Waals surface area (Å²) in [4.78, 5) is 20.6. The highest BCUT2D eigenvalue weighted by Crippen LogP contribution is 2.23. The fourth-order valence-corrected chi connectivity index (χ4v) is 3.27. The van der Waals surface area contributed by atoms with Crippen LogP contribution in [0.4, 0.5) is 9.52 Å². The van der Waals surface area contributed by atoms with Crippen LogP contribution in [0.5, 0.6) is 0 Å². The van der Waals surface area contributed by atoms with E-state index in [2.05, 4.69) is 23.2 Å². The van der Waals surface area contributed by atoms with Gasteiger partial charge in [-0.05, 0) is 17.7 Å². The number of hydrogen-bond acceptors (Lipinski definition) is 5. The van der Waals surface area contributed by atoms with Gasteiger partial charge in [0.1, 0.15) is 11.6 Å². The summed E-state index contributed by atoms with van der Waals surface area (Å²) < 4.78 is 17.3. The maximum atomic E-state index is 12.9. The minimum absolute atomic E-state index is 0.0573. The quantitative estimate of drug-likeness (QED) is 0.862. The fourth-order valence-electron chi connectivity index (χ4n) is 2.44. The van der Waals surface area contributed by atoms with Crippen LogP contribution in [0.1, 0.15) is 31.2 Å². The molecule has 0 radical (unpaired) electrons. The lowest BCUT2D eigenvalue weighted by Gasteiger charge is -2.34. The number of benzene rings is 1. The molecular weight excluding hydrogens is 315 g/mol. The Labute approximate surface area is 138 Å². The number of anilines is 1. The smallest absolute Gasteiger partial charge is 0.242 e. The highest BCUT2D eigenvalue weighted by molar-refractivity contribution is 7.09. The van der Waals surface area contributed by atoms with Gasteiger partial charge < -0.3 is 9.80 Å². The third-order valence-electron chi connectivity index (χ3n) is 3.82. The van der Waals surface area contributed by atoms with E-state index in [1.165, 1.54) is 23.7 Å². The Morgan fingerprint density at radius 1 is 1.26 bits per heavy atom. The molecule has 1 saturated heterocycles. The number of aromatic nitrogens is 2. The first-order chi connectivity index (χ1) is 11.0. The molecule has 1 fully saturated rings. The second-order valence-electron chi connectivity index (χ2n) is 5.95. The van der Waals surface area contributed by atoms with E-state index in [9.17, 15) is 9.18 Å². The third kappa shape index (κ3) is 3.67. The number of nitrogens with zero attached hydrogens (tertiary/aromatic N) is 4. The monoisotopic (exact) mass is 334 g/mol. The molecule has 1 amide bonds. The van der Waals surface area contributed by atoms with Gasteiger partial charge in [-0.25, -0.2) is 9.37 Å². The summed E-state index contributed by atoms with van der Waals surface area (Å²) in [5.41, 5.74) is 0.936. The summed E-state index contributed by atoms with van der Waals surface area (Å²) in [6.07, 6.45) is 0. The van der Waals surface area contributed by atoms with Crippen LogP contribution in [0.3, 0.4) is 0 Å². The molecule has 23 heavy (non-hydrogen) atoms. The van der Waals surface area contributed by atoms with Gasteiger partial charge in [-0.1, -0.05) is 26.0 Å². The molecule has 2 aromatic rings. The lowest BCUT2D eigenvalue weighted by atomic mass is 10.2. The topological polar surface area (TPSA) is 49.3 Å². The number of carbonyl (C=O) groups excluding carboxylic acids is 1. The largest absolute Gasteiger partial charge is 0.336 e. The summed E-state index contributed by atoms with van der Waals surface area (Å²) in [6.45, 7) is 6.30. The second-order valence-corrected chi connectivity index (χ2v) is 6.68. The van der Waals surface area contributed by atoms with Gasteiger partial charge in [-0.2, -0.15) is 4.37 Å². The van der Waals surface area contributed by atoms with Gasteiger partial charge in [0.05, 0.1) is 6.54 Å². The minimum atomic E-state index is -0.262. The number of amides is 1. The van der Waals surface area contributed by atoms with Crippen LogP contribution in [-0.4, -0.2) is 39.8 Å². The van der Waals surface area contributed by atoms with Crippen molar-refractivity contribution in [1.29, 1.82) is 0 Å². The van der Waals surface area contributed by atoms with Crippen molar-refractivity contribution in [2.45, 2.75) is 26.3 Å². The van der Waals surface area contributed by atoms with Gasteiger partial charge in [0.25, 0.3) is 0 Å². The second kappa shape index (κ2) is 6.62. The molecule has 3 rings (SSSR count). The Morgan fingerprint density at radius 3 is 2.61 bits per heavy atom. The summed E-state index contributed by atoms with van der Waals surface area (Å²) in [5.74, 6) is 0.908. The lowest BCUT2D eigenvalue weighted by Crippen LogP contribution is -2.50. The van der Waals surface area contributed by atoms with E-state index in [1.807, 2.05) is 4.90 Å². The molecule has 5 nitrogen and oxygen atoms in total. The van der Waals surface area contributed by atoms with Crippen LogP contribution in [0, 0.1) is 5.82 Å². The van der Waals surface area contributed by atoms with E-state index >= 15 is 0 Å². The van der Waals surface area contributed by atoms with Crippen LogP contribution >= 0.6 is 11.5 Å².